The zero-order chi connectivity index (χ0) is 13.7. The summed E-state index contributed by atoms with van der Waals surface area (Å²) in [5.74, 6) is 0.140. The second-order valence-corrected chi connectivity index (χ2v) is 4.53. The molecular weight excluding hydrogens is 230 g/mol. The molecule has 0 amide bonds. The predicted octanol–water partition coefficient (Wildman–Crippen LogP) is 2.61. The van der Waals surface area contributed by atoms with Gasteiger partial charge in [0.25, 0.3) is 0 Å². The van der Waals surface area contributed by atoms with E-state index in [0.29, 0.717) is 6.42 Å². The summed E-state index contributed by atoms with van der Waals surface area (Å²) in [5, 5.41) is 8.63. The summed E-state index contributed by atoms with van der Waals surface area (Å²) >= 11 is 0. The lowest BCUT2D eigenvalue weighted by atomic mass is 10.1. The molecule has 1 aromatic rings. The Hall–Kier alpha value is -1.71. The van der Waals surface area contributed by atoms with Crippen molar-refractivity contribution >= 4 is 11.7 Å². The number of benzene rings is 1. The van der Waals surface area contributed by atoms with Crippen molar-refractivity contribution in [3.63, 3.8) is 0 Å². The second-order valence-electron chi connectivity index (χ2n) is 4.53. The highest BCUT2D eigenvalue weighted by Gasteiger charge is 2.09. The monoisotopic (exact) mass is 251 g/mol. The van der Waals surface area contributed by atoms with Gasteiger partial charge < -0.3 is 14.7 Å². The smallest absolute Gasteiger partial charge is 0.303 e. The van der Waals surface area contributed by atoms with Crippen LogP contribution >= 0.6 is 0 Å². The molecule has 0 saturated carbocycles. The number of carboxylic acid groups (broad SMARTS) is 1. The van der Waals surface area contributed by atoms with Crippen molar-refractivity contribution in [2.75, 3.05) is 25.6 Å². The van der Waals surface area contributed by atoms with Gasteiger partial charge in [0.15, 0.2) is 0 Å². The molecule has 0 aliphatic rings. The number of aryl methyl sites for hydroxylation is 2. The van der Waals surface area contributed by atoms with Crippen molar-refractivity contribution in [1.29, 1.82) is 0 Å². The first kappa shape index (κ1) is 14.4. The molecule has 0 aromatic heterocycles. The average Bonchev–Trinajstić information content (AvgIpc) is 2.30. The van der Waals surface area contributed by atoms with Crippen molar-refractivity contribution in [2.45, 2.75) is 26.7 Å². The molecule has 1 rings (SSSR count). The first-order chi connectivity index (χ1) is 8.45. The van der Waals surface area contributed by atoms with Gasteiger partial charge in [-0.2, -0.15) is 0 Å². The van der Waals surface area contributed by atoms with Crippen LogP contribution in [0.3, 0.4) is 0 Å². The minimum atomic E-state index is -0.744. The van der Waals surface area contributed by atoms with Crippen molar-refractivity contribution in [3.8, 4) is 5.75 Å². The van der Waals surface area contributed by atoms with Gasteiger partial charge >= 0.3 is 5.97 Å². The number of rotatable bonds is 6. The van der Waals surface area contributed by atoms with Gasteiger partial charge in [0, 0.05) is 25.7 Å². The van der Waals surface area contributed by atoms with Crippen LogP contribution in [0.2, 0.25) is 0 Å². The average molecular weight is 251 g/mol. The lowest BCUT2D eigenvalue weighted by molar-refractivity contribution is -0.137. The van der Waals surface area contributed by atoms with Crippen LogP contribution in [-0.4, -0.2) is 31.8 Å². The van der Waals surface area contributed by atoms with E-state index in [-0.39, 0.29) is 6.42 Å². The van der Waals surface area contributed by atoms with Gasteiger partial charge in [0.05, 0.1) is 7.11 Å². The van der Waals surface area contributed by atoms with Gasteiger partial charge in [-0.25, -0.2) is 0 Å². The summed E-state index contributed by atoms with van der Waals surface area (Å²) in [6, 6.07) is 4.09. The molecule has 0 fully saturated rings. The molecule has 4 nitrogen and oxygen atoms in total. The Morgan fingerprint density at radius 3 is 2.56 bits per heavy atom. The molecule has 0 saturated heterocycles. The Morgan fingerprint density at radius 2 is 2.00 bits per heavy atom. The maximum absolute atomic E-state index is 10.5. The SMILES string of the molecule is COc1cc(C)c(N(C)CCCC(=O)O)cc1C. The number of carboxylic acids is 1. The highest BCUT2D eigenvalue weighted by molar-refractivity contribution is 5.66. The van der Waals surface area contributed by atoms with Crippen LogP contribution in [0, 0.1) is 13.8 Å². The number of hydrogen-bond donors (Lipinski definition) is 1. The van der Waals surface area contributed by atoms with E-state index in [1.54, 1.807) is 7.11 Å². The summed E-state index contributed by atoms with van der Waals surface area (Å²) in [7, 11) is 3.65. The van der Waals surface area contributed by atoms with E-state index in [0.717, 1.165) is 29.1 Å². The molecule has 0 unspecified atom stereocenters. The fourth-order valence-corrected chi connectivity index (χ4v) is 1.99. The fraction of sp³-hybridized carbons (Fsp3) is 0.500. The van der Waals surface area contributed by atoms with Gasteiger partial charge in [-0.1, -0.05) is 0 Å². The molecule has 0 spiro atoms. The summed E-state index contributed by atoms with van der Waals surface area (Å²) in [5.41, 5.74) is 3.34. The van der Waals surface area contributed by atoms with E-state index < -0.39 is 5.97 Å². The van der Waals surface area contributed by atoms with Crippen molar-refractivity contribution in [1.82, 2.24) is 0 Å². The second kappa shape index (κ2) is 6.28. The van der Waals surface area contributed by atoms with Crippen LogP contribution in [0.5, 0.6) is 5.75 Å². The van der Waals surface area contributed by atoms with E-state index in [9.17, 15) is 4.79 Å². The molecule has 0 aliphatic carbocycles. The molecule has 0 bridgehead atoms. The van der Waals surface area contributed by atoms with Gasteiger partial charge in [0.1, 0.15) is 5.75 Å². The lowest BCUT2D eigenvalue weighted by Gasteiger charge is -2.22. The summed E-state index contributed by atoms with van der Waals surface area (Å²) < 4.78 is 5.28. The van der Waals surface area contributed by atoms with Gasteiger partial charge in [-0.05, 0) is 43.5 Å². The Bertz CT molecular complexity index is 429. The third-order valence-corrected chi connectivity index (χ3v) is 3.01. The standard InChI is InChI=1S/C14H21NO3/c1-10-9-13(18-4)11(2)8-12(10)15(3)7-5-6-14(16)17/h8-9H,5-7H2,1-4H3,(H,16,17). The molecule has 0 radical (unpaired) electrons. The van der Waals surface area contributed by atoms with Crippen LogP contribution < -0.4 is 9.64 Å². The number of nitrogens with zero attached hydrogens (tertiary/aromatic N) is 1. The largest absolute Gasteiger partial charge is 0.496 e. The van der Waals surface area contributed by atoms with Crippen LogP contribution in [0.1, 0.15) is 24.0 Å². The van der Waals surface area contributed by atoms with E-state index >= 15 is 0 Å². The molecular formula is C14H21NO3. The van der Waals surface area contributed by atoms with Gasteiger partial charge in [0.2, 0.25) is 0 Å². The van der Waals surface area contributed by atoms with E-state index in [2.05, 4.69) is 11.0 Å². The normalized spacial score (nSPS) is 10.2. The van der Waals surface area contributed by atoms with Crippen molar-refractivity contribution < 1.29 is 14.6 Å². The topological polar surface area (TPSA) is 49.8 Å². The number of aliphatic carboxylic acids is 1. The highest BCUT2D eigenvalue weighted by atomic mass is 16.5. The van der Waals surface area contributed by atoms with Crippen molar-refractivity contribution in [3.05, 3.63) is 23.3 Å². The number of hydrogen-bond acceptors (Lipinski definition) is 3. The molecule has 0 heterocycles. The summed E-state index contributed by atoms with van der Waals surface area (Å²) in [4.78, 5) is 12.6. The fourth-order valence-electron chi connectivity index (χ4n) is 1.99. The Kier molecular flexibility index (Phi) is 5.01. The van der Waals surface area contributed by atoms with Crippen molar-refractivity contribution in [2.24, 2.45) is 0 Å². The Balaban J connectivity index is 2.76. The molecule has 0 aliphatic heterocycles. The first-order valence-electron chi connectivity index (χ1n) is 6.04. The van der Waals surface area contributed by atoms with Crippen LogP contribution in [0.25, 0.3) is 0 Å². The molecule has 4 heteroatoms. The van der Waals surface area contributed by atoms with Gasteiger partial charge in [-0.3, -0.25) is 4.79 Å². The minimum Gasteiger partial charge on any atom is -0.496 e. The van der Waals surface area contributed by atoms with Gasteiger partial charge in [-0.15, -0.1) is 0 Å². The van der Waals surface area contributed by atoms with E-state index in [4.69, 9.17) is 9.84 Å². The number of anilines is 1. The molecule has 1 N–H and O–H groups in total. The van der Waals surface area contributed by atoms with Crippen LogP contribution in [-0.2, 0) is 4.79 Å². The third-order valence-electron chi connectivity index (χ3n) is 3.01. The number of ether oxygens (including phenoxy) is 1. The molecule has 100 valence electrons. The lowest BCUT2D eigenvalue weighted by Crippen LogP contribution is -2.20. The number of carbonyl (C=O) groups is 1. The molecule has 0 atom stereocenters. The predicted molar refractivity (Wildman–Crippen MR) is 72.6 cm³/mol. The zero-order valence-corrected chi connectivity index (χ0v) is 11.5. The maximum atomic E-state index is 10.5. The maximum Gasteiger partial charge on any atom is 0.303 e. The third kappa shape index (κ3) is 3.65. The minimum absolute atomic E-state index is 0.207. The van der Waals surface area contributed by atoms with Crippen LogP contribution in [0.15, 0.2) is 12.1 Å². The molecule has 18 heavy (non-hydrogen) atoms. The highest BCUT2D eigenvalue weighted by Crippen LogP contribution is 2.28. The van der Waals surface area contributed by atoms with E-state index in [1.807, 2.05) is 27.0 Å². The number of methoxy groups -OCH3 is 1. The Labute approximate surface area is 108 Å². The summed E-state index contributed by atoms with van der Waals surface area (Å²) in [6.45, 7) is 4.77. The first-order valence-corrected chi connectivity index (χ1v) is 6.04. The molecule has 1 aromatic carbocycles. The quantitative estimate of drug-likeness (QED) is 0.844. The Morgan fingerprint density at radius 1 is 1.33 bits per heavy atom. The van der Waals surface area contributed by atoms with E-state index in [1.165, 1.54) is 0 Å². The summed E-state index contributed by atoms with van der Waals surface area (Å²) in [6.07, 6.45) is 0.856. The van der Waals surface area contributed by atoms with Crippen LogP contribution in [0.4, 0.5) is 5.69 Å². The zero-order valence-electron chi connectivity index (χ0n) is 11.5.